The van der Waals surface area contributed by atoms with Gasteiger partial charge in [-0.3, -0.25) is 4.79 Å². The van der Waals surface area contributed by atoms with E-state index in [2.05, 4.69) is 12.2 Å². The highest BCUT2D eigenvalue weighted by molar-refractivity contribution is 5.83. The first-order chi connectivity index (χ1) is 8.55. The molecule has 1 aliphatic rings. The lowest BCUT2D eigenvalue weighted by Gasteiger charge is -2.32. The van der Waals surface area contributed by atoms with Gasteiger partial charge in [-0.15, -0.1) is 0 Å². The normalized spacial score (nSPS) is 25.1. The number of ether oxygens (including phenoxy) is 1. The predicted octanol–water partition coefficient (Wildman–Crippen LogP) is 0.232. The Kier molecular flexibility index (Phi) is 6.05. The molecule has 0 aromatic carbocycles. The summed E-state index contributed by atoms with van der Waals surface area (Å²) in [5.41, 5.74) is -0.268. The molecule has 0 bridgehead atoms. The van der Waals surface area contributed by atoms with Gasteiger partial charge in [0.2, 0.25) is 5.91 Å². The average Bonchev–Trinajstić information content (AvgIpc) is 2.78. The van der Waals surface area contributed by atoms with Crippen molar-refractivity contribution in [1.29, 1.82) is 0 Å². The van der Waals surface area contributed by atoms with Crippen LogP contribution in [-0.4, -0.2) is 62.4 Å². The van der Waals surface area contributed by atoms with Crippen molar-refractivity contribution in [3.63, 3.8) is 0 Å². The predicted molar refractivity (Wildman–Crippen MR) is 70.3 cm³/mol. The molecule has 1 aliphatic heterocycles. The highest BCUT2D eigenvalue weighted by atomic mass is 16.5. The monoisotopic (exact) mass is 258 g/mol. The lowest BCUT2D eigenvalue weighted by atomic mass is 9.81. The SMILES string of the molecule is CCCC1(C(=O)N(C)CC(O)COC)CCNC1. The van der Waals surface area contributed by atoms with E-state index >= 15 is 0 Å². The molecule has 2 unspecified atom stereocenters. The maximum atomic E-state index is 12.5. The van der Waals surface area contributed by atoms with Crippen LogP contribution in [0.2, 0.25) is 0 Å². The molecule has 106 valence electrons. The molecule has 1 fully saturated rings. The molecule has 1 heterocycles. The zero-order chi connectivity index (χ0) is 13.6. The first-order valence-electron chi connectivity index (χ1n) is 6.69. The standard InChI is InChI=1S/C13H26N2O3/c1-4-5-13(6-7-14-10-13)12(17)15(2)8-11(16)9-18-3/h11,14,16H,4-10H2,1-3H3. The van der Waals surface area contributed by atoms with E-state index in [1.165, 1.54) is 0 Å². The number of carbonyl (C=O) groups is 1. The highest BCUT2D eigenvalue weighted by Crippen LogP contribution is 2.33. The average molecular weight is 258 g/mol. The number of nitrogens with zero attached hydrogens (tertiary/aromatic N) is 1. The number of hydrogen-bond donors (Lipinski definition) is 2. The summed E-state index contributed by atoms with van der Waals surface area (Å²) >= 11 is 0. The van der Waals surface area contributed by atoms with Gasteiger partial charge in [-0.05, 0) is 19.4 Å². The molecule has 0 saturated carbocycles. The van der Waals surface area contributed by atoms with E-state index in [-0.39, 0.29) is 17.9 Å². The van der Waals surface area contributed by atoms with E-state index in [1.807, 2.05) is 0 Å². The van der Waals surface area contributed by atoms with E-state index in [1.54, 1.807) is 19.1 Å². The van der Waals surface area contributed by atoms with E-state index < -0.39 is 6.10 Å². The number of rotatable bonds is 7. The fourth-order valence-electron chi connectivity index (χ4n) is 2.77. The smallest absolute Gasteiger partial charge is 0.229 e. The zero-order valence-electron chi connectivity index (χ0n) is 11.7. The van der Waals surface area contributed by atoms with Crippen LogP contribution in [0.15, 0.2) is 0 Å². The van der Waals surface area contributed by atoms with E-state index in [0.717, 1.165) is 32.4 Å². The van der Waals surface area contributed by atoms with Crippen LogP contribution < -0.4 is 5.32 Å². The summed E-state index contributed by atoms with van der Waals surface area (Å²) in [5, 5.41) is 13.0. The van der Waals surface area contributed by atoms with Crippen LogP contribution in [0, 0.1) is 5.41 Å². The number of likely N-dealkylation sites (N-methyl/N-ethyl adjacent to an activating group) is 1. The maximum Gasteiger partial charge on any atom is 0.229 e. The first kappa shape index (κ1) is 15.4. The van der Waals surface area contributed by atoms with Gasteiger partial charge in [-0.1, -0.05) is 13.3 Å². The van der Waals surface area contributed by atoms with E-state index in [4.69, 9.17) is 4.74 Å². The number of methoxy groups -OCH3 is 1. The summed E-state index contributed by atoms with van der Waals surface area (Å²) in [7, 11) is 3.31. The van der Waals surface area contributed by atoms with Gasteiger partial charge in [0.1, 0.15) is 0 Å². The summed E-state index contributed by atoms with van der Waals surface area (Å²) in [4.78, 5) is 14.2. The number of nitrogens with one attached hydrogen (secondary N) is 1. The molecule has 2 N–H and O–H groups in total. The Morgan fingerprint density at radius 2 is 2.33 bits per heavy atom. The second-order valence-corrected chi connectivity index (χ2v) is 5.25. The Labute approximate surface area is 109 Å². The number of carbonyl (C=O) groups excluding carboxylic acids is 1. The minimum absolute atomic E-state index is 0.143. The molecule has 5 nitrogen and oxygen atoms in total. The van der Waals surface area contributed by atoms with Crippen LogP contribution in [0.5, 0.6) is 0 Å². The quantitative estimate of drug-likeness (QED) is 0.686. The third-order valence-electron chi connectivity index (χ3n) is 3.62. The Morgan fingerprint density at radius 3 is 2.83 bits per heavy atom. The van der Waals surface area contributed by atoms with Crippen molar-refractivity contribution in [1.82, 2.24) is 10.2 Å². The summed E-state index contributed by atoms with van der Waals surface area (Å²) < 4.78 is 4.88. The van der Waals surface area contributed by atoms with Crippen molar-refractivity contribution in [2.24, 2.45) is 5.41 Å². The zero-order valence-corrected chi connectivity index (χ0v) is 11.7. The lowest BCUT2D eigenvalue weighted by molar-refractivity contribution is -0.142. The van der Waals surface area contributed by atoms with Gasteiger partial charge in [-0.2, -0.15) is 0 Å². The number of aliphatic hydroxyl groups excluding tert-OH is 1. The van der Waals surface area contributed by atoms with Crippen LogP contribution in [0.4, 0.5) is 0 Å². The van der Waals surface area contributed by atoms with Gasteiger partial charge >= 0.3 is 0 Å². The molecule has 1 amide bonds. The molecule has 0 aromatic rings. The minimum atomic E-state index is -0.614. The minimum Gasteiger partial charge on any atom is -0.389 e. The van der Waals surface area contributed by atoms with E-state index in [0.29, 0.717) is 6.54 Å². The molecular weight excluding hydrogens is 232 g/mol. The molecule has 18 heavy (non-hydrogen) atoms. The number of amides is 1. The van der Waals surface area contributed by atoms with Gasteiger partial charge < -0.3 is 20.1 Å². The van der Waals surface area contributed by atoms with Gasteiger partial charge in [0.05, 0.1) is 18.1 Å². The van der Waals surface area contributed by atoms with Crippen LogP contribution in [0.1, 0.15) is 26.2 Å². The Morgan fingerprint density at radius 1 is 1.61 bits per heavy atom. The largest absolute Gasteiger partial charge is 0.389 e. The molecule has 5 heteroatoms. The molecule has 0 spiro atoms. The summed E-state index contributed by atoms with van der Waals surface area (Å²) in [6.45, 7) is 4.35. The number of aliphatic hydroxyl groups is 1. The van der Waals surface area contributed by atoms with E-state index in [9.17, 15) is 9.90 Å². The van der Waals surface area contributed by atoms with Gasteiger partial charge in [0, 0.05) is 27.2 Å². The second-order valence-electron chi connectivity index (χ2n) is 5.25. The van der Waals surface area contributed by atoms with Crippen molar-refractivity contribution in [2.75, 3.05) is 40.4 Å². The summed E-state index contributed by atoms with van der Waals surface area (Å²) in [6, 6.07) is 0. The molecule has 0 radical (unpaired) electrons. The Balaban J connectivity index is 2.59. The van der Waals surface area contributed by atoms with Crippen LogP contribution >= 0.6 is 0 Å². The van der Waals surface area contributed by atoms with Crippen LogP contribution in [-0.2, 0) is 9.53 Å². The third kappa shape index (κ3) is 3.67. The fraction of sp³-hybridized carbons (Fsp3) is 0.923. The van der Waals surface area contributed by atoms with Crippen LogP contribution in [0.25, 0.3) is 0 Å². The number of hydrogen-bond acceptors (Lipinski definition) is 4. The molecule has 1 rings (SSSR count). The van der Waals surface area contributed by atoms with Crippen molar-refractivity contribution < 1.29 is 14.6 Å². The van der Waals surface area contributed by atoms with Crippen molar-refractivity contribution in [3.8, 4) is 0 Å². The van der Waals surface area contributed by atoms with Crippen molar-refractivity contribution in [2.45, 2.75) is 32.3 Å². The third-order valence-corrected chi connectivity index (χ3v) is 3.62. The summed E-state index contributed by atoms with van der Waals surface area (Å²) in [5.74, 6) is 0.143. The summed E-state index contributed by atoms with van der Waals surface area (Å²) in [6.07, 6.45) is 2.19. The van der Waals surface area contributed by atoms with Crippen molar-refractivity contribution >= 4 is 5.91 Å². The topological polar surface area (TPSA) is 61.8 Å². The molecular formula is C13H26N2O3. The van der Waals surface area contributed by atoms with Gasteiger partial charge in [0.25, 0.3) is 0 Å². The molecule has 1 saturated heterocycles. The molecule has 2 atom stereocenters. The van der Waals surface area contributed by atoms with Crippen molar-refractivity contribution in [3.05, 3.63) is 0 Å². The van der Waals surface area contributed by atoms with Gasteiger partial charge in [-0.25, -0.2) is 0 Å². The highest BCUT2D eigenvalue weighted by Gasteiger charge is 2.42. The fourth-order valence-corrected chi connectivity index (χ4v) is 2.77. The molecule has 0 aliphatic carbocycles. The second kappa shape index (κ2) is 7.07. The molecule has 0 aromatic heterocycles. The van der Waals surface area contributed by atoms with Gasteiger partial charge in [0.15, 0.2) is 0 Å². The Hall–Kier alpha value is -0.650. The van der Waals surface area contributed by atoms with Crippen LogP contribution in [0.3, 0.4) is 0 Å². The maximum absolute atomic E-state index is 12.5. The Bertz CT molecular complexity index is 265. The first-order valence-corrected chi connectivity index (χ1v) is 6.69. The lowest BCUT2D eigenvalue weighted by Crippen LogP contribution is -2.46.